The number of carbonyl (C=O) groups excluding carboxylic acids is 2. The highest BCUT2D eigenvalue weighted by Crippen LogP contribution is 2.29. The van der Waals surface area contributed by atoms with E-state index in [4.69, 9.17) is 22.1 Å². The molecule has 3 amide bonds. The average Bonchev–Trinajstić information content (AvgIpc) is 3.29. The van der Waals surface area contributed by atoms with Crippen LogP contribution in [0.2, 0.25) is 5.02 Å². The van der Waals surface area contributed by atoms with Crippen molar-refractivity contribution in [2.24, 2.45) is 5.92 Å². The fourth-order valence-electron chi connectivity index (χ4n) is 4.07. The Morgan fingerprint density at radius 3 is 2.71 bits per heavy atom. The van der Waals surface area contributed by atoms with Crippen LogP contribution in [0.3, 0.4) is 0 Å². The summed E-state index contributed by atoms with van der Waals surface area (Å²) in [6, 6.07) is 12.4. The monoisotopic (exact) mass is 487 g/mol. The Hall–Kier alpha value is -2.97. The number of urea groups is 1. The molecule has 0 aliphatic carbocycles. The molecule has 1 aliphatic heterocycles. The van der Waals surface area contributed by atoms with Gasteiger partial charge < -0.3 is 31.3 Å². The van der Waals surface area contributed by atoms with Gasteiger partial charge in [-0.3, -0.25) is 4.79 Å². The largest absolute Gasteiger partial charge is 0.496 e. The minimum atomic E-state index is -0.207. The number of nitrogens with zero attached hydrogens (tertiary/aromatic N) is 1. The van der Waals surface area contributed by atoms with Gasteiger partial charge >= 0.3 is 6.03 Å². The molecule has 0 saturated carbocycles. The van der Waals surface area contributed by atoms with Gasteiger partial charge in [0.15, 0.2) is 0 Å². The number of unbranched alkanes of at least 4 members (excludes halogenated alkanes) is 2. The lowest BCUT2D eigenvalue weighted by Gasteiger charge is -2.17. The van der Waals surface area contributed by atoms with Gasteiger partial charge in [-0.1, -0.05) is 36.2 Å². The smallest absolute Gasteiger partial charge is 0.319 e. The molecule has 8 nitrogen and oxygen atoms in total. The number of methoxy groups -OCH3 is 1. The lowest BCUT2D eigenvalue weighted by atomic mass is 10.1. The van der Waals surface area contributed by atoms with Crippen LogP contribution in [0.25, 0.3) is 0 Å². The number of amides is 3. The lowest BCUT2D eigenvalue weighted by Crippen LogP contribution is -2.31. The first-order valence-electron chi connectivity index (χ1n) is 11.7. The van der Waals surface area contributed by atoms with Crippen molar-refractivity contribution < 1.29 is 14.3 Å². The standard InChI is InChI=1S/C25H34ClN5O3/c1-34-23-15-22(27)21(26)14-20(23)24(32)29-16-18-10-13-31(17-18)12-7-3-6-11-28-25(33)30-19-8-4-2-5-9-19/h2,4-5,8-9,14-15,18H,3,6-7,10-13,16-17,27H2,1H3,(H,29,32)(H2,28,30,33). The van der Waals surface area contributed by atoms with Crippen LogP contribution in [0.15, 0.2) is 42.5 Å². The van der Waals surface area contributed by atoms with Crippen LogP contribution >= 0.6 is 11.6 Å². The first kappa shape index (κ1) is 25.6. The first-order chi connectivity index (χ1) is 16.5. The van der Waals surface area contributed by atoms with Crippen LogP contribution in [0.4, 0.5) is 16.2 Å². The van der Waals surface area contributed by atoms with Gasteiger partial charge in [-0.2, -0.15) is 0 Å². The van der Waals surface area contributed by atoms with Crippen molar-refractivity contribution in [3.63, 3.8) is 0 Å². The van der Waals surface area contributed by atoms with Crippen LogP contribution in [-0.4, -0.2) is 56.7 Å². The third kappa shape index (κ3) is 7.81. The summed E-state index contributed by atoms with van der Waals surface area (Å²) in [4.78, 5) is 26.9. The van der Waals surface area contributed by atoms with E-state index >= 15 is 0 Å². The van der Waals surface area contributed by atoms with E-state index in [1.165, 1.54) is 7.11 Å². The van der Waals surface area contributed by atoms with E-state index in [0.717, 1.165) is 51.0 Å². The van der Waals surface area contributed by atoms with Crippen molar-refractivity contribution in [3.8, 4) is 5.75 Å². The number of likely N-dealkylation sites (tertiary alicyclic amines) is 1. The fourth-order valence-corrected chi connectivity index (χ4v) is 4.23. The zero-order chi connectivity index (χ0) is 24.3. The molecule has 1 aliphatic rings. The SMILES string of the molecule is COc1cc(N)c(Cl)cc1C(=O)NCC1CCN(CCCCCNC(=O)Nc2ccccc2)C1. The lowest BCUT2D eigenvalue weighted by molar-refractivity contribution is 0.0944. The van der Waals surface area contributed by atoms with Gasteiger partial charge in [0.1, 0.15) is 5.75 Å². The molecule has 0 spiro atoms. The van der Waals surface area contributed by atoms with Gasteiger partial charge in [0.2, 0.25) is 0 Å². The molecule has 184 valence electrons. The average molecular weight is 488 g/mol. The van der Waals surface area contributed by atoms with Crippen LogP contribution in [0.5, 0.6) is 5.75 Å². The molecule has 2 aromatic carbocycles. The predicted molar refractivity (Wildman–Crippen MR) is 137 cm³/mol. The summed E-state index contributed by atoms with van der Waals surface area (Å²) >= 11 is 6.07. The second kappa shape index (κ2) is 13.1. The normalized spacial score (nSPS) is 15.6. The molecule has 1 atom stereocenters. The van der Waals surface area contributed by atoms with Crippen molar-refractivity contribution in [1.82, 2.24) is 15.5 Å². The summed E-state index contributed by atoms with van der Waals surface area (Å²) in [6.45, 7) is 4.31. The molecule has 0 bridgehead atoms. The number of carbonyl (C=O) groups is 2. The number of ether oxygens (including phenoxy) is 1. The minimum Gasteiger partial charge on any atom is -0.496 e. The fraction of sp³-hybridized carbons (Fsp3) is 0.440. The van der Waals surface area contributed by atoms with Crippen molar-refractivity contribution in [3.05, 3.63) is 53.1 Å². The molecule has 1 saturated heterocycles. The zero-order valence-corrected chi connectivity index (χ0v) is 20.4. The molecule has 0 aromatic heterocycles. The van der Waals surface area contributed by atoms with Crippen molar-refractivity contribution >= 4 is 34.9 Å². The van der Waals surface area contributed by atoms with E-state index in [1.807, 2.05) is 30.3 Å². The molecule has 34 heavy (non-hydrogen) atoms. The highest BCUT2D eigenvalue weighted by atomic mass is 35.5. The van der Waals surface area contributed by atoms with Crippen molar-refractivity contribution in [2.45, 2.75) is 25.7 Å². The van der Waals surface area contributed by atoms with Crippen molar-refractivity contribution in [1.29, 1.82) is 0 Å². The Morgan fingerprint density at radius 1 is 1.15 bits per heavy atom. The minimum absolute atomic E-state index is 0.172. The zero-order valence-electron chi connectivity index (χ0n) is 19.6. The number of nitrogen functional groups attached to an aromatic ring is 1. The summed E-state index contributed by atoms with van der Waals surface area (Å²) in [5.74, 6) is 0.628. The number of para-hydroxylation sites is 1. The number of benzene rings is 2. The second-order valence-corrected chi connectivity index (χ2v) is 8.95. The van der Waals surface area contributed by atoms with Crippen LogP contribution in [0, 0.1) is 5.92 Å². The Kier molecular flexibility index (Phi) is 9.85. The van der Waals surface area contributed by atoms with Crippen LogP contribution in [0.1, 0.15) is 36.0 Å². The number of rotatable bonds is 11. The van der Waals surface area contributed by atoms with E-state index in [-0.39, 0.29) is 11.9 Å². The Labute approximate surface area is 206 Å². The molecular formula is C25H34ClN5O3. The topological polar surface area (TPSA) is 109 Å². The van der Waals surface area contributed by atoms with Gasteiger partial charge in [-0.25, -0.2) is 4.79 Å². The summed E-state index contributed by atoms with van der Waals surface area (Å²) in [6.07, 6.45) is 4.14. The second-order valence-electron chi connectivity index (χ2n) is 8.55. The van der Waals surface area contributed by atoms with E-state index in [2.05, 4.69) is 20.9 Å². The van der Waals surface area contributed by atoms with Crippen LogP contribution < -0.4 is 26.4 Å². The van der Waals surface area contributed by atoms with Gasteiger partial charge in [-0.05, 0) is 56.5 Å². The molecule has 1 unspecified atom stereocenters. The van der Waals surface area contributed by atoms with E-state index < -0.39 is 0 Å². The van der Waals surface area contributed by atoms with Crippen molar-refractivity contribution in [2.75, 3.05) is 50.9 Å². The molecule has 1 fully saturated rings. The predicted octanol–water partition coefficient (Wildman–Crippen LogP) is 3.97. The maximum absolute atomic E-state index is 12.6. The van der Waals surface area contributed by atoms with Gasteiger partial charge in [0, 0.05) is 31.4 Å². The molecule has 1 heterocycles. The summed E-state index contributed by atoms with van der Waals surface area (Å²) in [5.41, 5.74) is 7.35. The maximum atomic E-state index is 12.6. The Balaban J connectivity index is 1.27. The number of hydrogen-bond acceptors (Lipinski definition) is 5. The number of hydrogen-bond donors (Lipinski definition) is 4. The number of anilines is 2. The van der Waals surface area contributed by atoms with Crippen LogP contribution in [-0.2, 0) is 0 Å². The first-order valence-corrected chi connectivity index (χ1v) is 12.1. The maximum Gasteiger partial charge on any atom is 0.319 e. The van der Waals surface area contributed by atoms with E-state index in [0.29, 0.717) is 41.0 Å². The Bertz CT molecular complexity index is 957. The van der Waals surface area contributed by atoms with Gasteiger partial charge in [-0.15, -0.1) is 0 Å². The number of halogens is 1. The Morgan fingerprint density at radius 2 is 1.94 bits per heavy atom. The number of nitrogens with one attached hydrogen (secondary N) is 3. The number of nitrogens with two attached hydrogens (primary N) is 1. The molecule has 2 aromatic rings. The third-order valence-electron chi connectivity index (χ3n) is 5.95. The molecular weight excluding hydrogens is 454 g/mol. The molecule has 3 rings (SSSR count). The molecule has 5 N–H and O–H groups in total. The third-order valence-corrected chi connectivity index (χ3v) is 6.28. The summed E-state index contributed by atoms with van der Waals surface area (Å²) in [5, 5.41) is 9.05. The summed E-state index contributed by atoms with van der Waals surface area (Å²) in [7, 11) is 1.50. The summed E-state index contributed by atoms with van der Waals surface area (Å²) < 4.78 is 5.27. The van der Waals surface area contributed by atoms with Gasteiger partial charge in [0.25, 0.3) is 5.91 Å². The quantitative estimate of drug-likeness (QED) is 0.283. The van der Waals surface area contributed by atoms with E-state index in [9.17, 15) is 9.59 Å². The van der Waals surface area contributed by atoms with E-state index in [1.54, 1.807) is 12.1 Å². The van der Waals surface area contributed by atoms with Gasteiger partial charge in [0.05, 0.1) is 23.4 Å². The highest BCUT2D eigenvalue weighted by molar-refractivity contribution is 6.33. The highest BCUT2D eigenvalue weighted by Gasteiger charge is 2.23. The molecule has 9 heteroatoms. The molecule has 0 radical (unpaired) electrons.